The molecule has 1 aliphatic carbocycles. The van der Waals surface area contributed by atoms with Crippen LogP contribution in [0.25, 0.3) is 0 Å². The molecule has 0 aromatic carbocycles. The van der Waals surface area contributed by atoms with Crippen molar-refractivity contribution in [2.45, 2.75) is 45.4 Å². The Kier molecular flexibility index (Phi) is 6.98. The van der Waals surface area contributed by atoms with Crippen molar-refractivity contribution in [3.63, 3.8) is 0 Å². The summed E-state index contributed by atoms with van der Waals surface area (Å²) in [5.74, 6) is -0.983. The van der Waals surface area contributed by atoms with Crippen molar-refractivity contribution < 1.29 is 19.5 Å². The van der Waals surface area contributed by atoms with E-state index in [9.17, 15) is 19.5 Å². The lowest BCUT2D eigenvalue weighted by molar-refractivity contribution is -0.149. The zero-order chi connectivity index (χ0) is 15.7. The van der Waals surface area contributed by atoms with Gasteiger partial charge in [0, 0.05) is 26.6 Å². The largest absolute Gasteiger partial charge is 0.481 e. The predicted octanol–water partition coefficient (Wildman–Crippen LogP) is 0.847. The number of carbonyl (C=O) groups excluding carboxylic acids is 2. The van der Waals surface area contributed by atoms with E-state index in [0.717, 1.165) is 25.7 Å². The summed E-state index contributed by atoms with van der Waals surface area (Å²) in [6.07, 6.45) is 5.09. The van der Waals surface area contributed by atoms with Gasteiger partial charge in [0.05, 0.1) is 5.41 Å². The van der Waals surface area contributed by atoms with Crippen LogP contribution in [0.15, 0.2) is 0 Å². The molecule has 4 N–H and O–H groups in total. The van der Waals surface area contributed by atoms with Gasteiger partial charge in [-0.3, -0.25) is 9.59 Å². The Morgan fingerprint density at radius 3 is 2.05 bits per heavy atom. The number of hydrogen-bond donors (Lipinski definition) is 4. The summed E-state index contributed by atoms with van der Waals surface area (Å²) in [5.41, 5.74) is -0.842. The second kappa shape index (κ2) is 8.49. The highest BCUT2D eigenvalue weighted by molar-refractivity contribution is 5.78. The molecule has 7 heteroatoms. The molecule has 21 heavy (non-hydrogen) atoms. The first-order valence-corrected chi connectivity index (χ1v) is 7.46. The molecule has 7 nitrogen and oxygen atoms in total. The van der Waals surface area contributed by atoms with E-state index in [1.165, 1.54) is 6.92 Å². The average molecular weight is 299 g/mol. The SMILES string of the molecule is CC(=O)NCCNC(=O)NCC1(C(=O)O)CCCCCC1. The van der Waals surface area contributed by atoms with E-state index < -0.39 is 17.4 Å². The fourth-order valence-corrected chi connectivity index (χ4v) is 2.60. The fourth-order valence-electron chi connectivity index (χ4n) is 2.60. The van der Waals surface area contributed by atoms with Crippen molar-refractivity contribution in [2.24, 2.45) is 5.41 Å². The Morgan fingerprint density at radius 2 is 1.52 bits per heavy atom. The van der Waals surface area contributed by atoms with Crippen LogP contribution in [0.3, 0.4) is 0 Å². The molecule has 0 spiro atoms. The summed E-state index contributed by atoms with van der Waals surface area (Å²) >= 11 is 0. The second-order valence-electron chi connectivity index (χ2n) is 5.59. The highest BCUT2D eigenvalue weighted by atomic mass is 16.4. The number of carboxylic acid groups (broad SMARTS) is 1. The molecule has 1 saturated carbocycles. The number of urea groups is 1. The van der Waals surface area contributed by atoms with Crippen LogP contribution >= 0.6 is 0 Å². The molecule has 0 aliphatic heterocycles. The van der Waals surface area contributed by atoms with E-state index >= 15 is 0 Å². The van der Waals surface area contributed by atoms with Crippen LogP contribution in [0.2, 0.25) is 0 Å². The third kappa shape index (κ3) is 6.01. The highest BCUT2D eigenvalue weighted by Gasteiger charge is 2.38. The quantitative estimate of drug-likeness (QED) is 0.430. The lowest BCUT2D eigenvalue weighted by Gasteiger charge is -2.28. The Hall–Kier alpha value is -1.79. The van der Waals surface area contributed by atoms with Gasteiger partial charge in [0.1, 0.15) is 0 Å². The summed E-state index contributed by atoms with van der Waals surface area (Å²) < 4.78 is 0. The average Bonchev–Trinajstić information content (AvgIpc) is 2.67. The van der Waals surface area contributed by atoms with Crippen molar-refractivity contribution in [1.82, 2.24) is 16.0 Å². The number of carboxylic acids is 1. The van der Waals surface area contributed by atoms with Crippen LogP contribution in [0, 0.1) is 5.41 Å². The number of hydrogen-bond acceptors (Lipinski definition) is 3. The van der Waals surface area contributed by atoms with E-state index in [0.29, 0.717) is 25.9 Å². The molecule has 1 aliphatic rings. The van der Waals surface area contributed by atoms with Gasteiger partial charge in [-0.15, -0.1) is 0 Å². The Labute approximate surface area is 124 Å². The molecule has 1 fully saturated rings. The first-order chi connectivity index (χ1) is 9.96. The summed E-state index contributed by atoms with van der Waals surface area (Å²) in [7, 11) is 0. The zero-order valence-electron chi connectivity index (χ0n) is 12.5. The smallest absolute Gasteiger partial charge is 0.314 e. The third-order valence-electron chi connectivity index (χ3n) is 3.89. The first-order valence-electron chi connectivity index (χ1n) is 7.46. The normalized spacial score (nSPS) is 17.4. The minimum absolute atomic E-state index is 0.147. The number of carbonyl (C=O) groups is 3. The van der Waals surface area contributed by atoms with Crippen LogP contribution in [0.5, 0.6) is 0 Å². The molecule has 3 amide bonds. The number of nitrogens with one attached hydrogen (secondary N) is 3. The van der Waals surface area contributed by atoms with Crippen molar-refractivity contribution in [3.05, 3.63) is 0 Å². The molecule has 0 atom stereocenters. The van der Waals surface area contributed by atoms with Crippen LogP contribution in [0.4, 0.5) is 4.79 Å². The minimum Gasteiger partial charge on any atom is -0.481 e. The minimum atomic E-state index is -0.842. The zero-order valence-corrected chi connectivity index (χ0v) is 12.5. The van der Waals surface area contributed by atoms with Crippen LogP contribution in [0.1, 0.15) is 45.4 Å². The lowest BCUT2D eigenvalue weighted by Crippen LogP contribution is -2.47. The summed E-state index contributed by atoms with van der Waals surface area (Å²) in [4.78, 5) is 33.9. The van der Waals surface area contributed by atoms with Gasteiger partial charge in [-0.1, -0.05) is 25.7 Å². The van der Waals surface area contributed by atoms with Gasteiger partial charge in [-0.05, 0) is 12.8 Å². The second-order valence-corrected chi connectivity index (χ2v) is 5.59. The van der Waals surface area contributed by atoms with Crippen LogP contribution < -0.4 is 16.0 Å². The van der Waals surface area contributed by atoms with Gasteiger partial charge in [0.15, 0.2) is 0 Å². The maximum atomic E-state index is 11.7. The number of amides is 3. The Bertz CT molecular complexity index is 376. The molecule has 0 aromatic heterocycles. The van der Waals surface area contributed by atoms with Crippen molar-refractivity contribution in [3.8, 4) is 0 Å². The molecule has 0 unspecified atom stereocenters. The standard InChI is InChI=1S/C14H25N3O4/c1-11(18)15-8-9-16-13(21)17-10-14(12(19)20)6-4-2-3-5-7-14/h2-10H2,1H3,(H,15,18)(H,19,20)(H2,16,17,21). The first kappa shape index (κ1) is 17.3. The van der Waals surface area contributed by atoms with E-state index in [2.05, 4.69) is 16.0 Å². The van der Waals surface area contributed by atoms with Crippen molar-refractivity contribution in [2.75, 3.05) is 19.6 Å². The molecular weight excluding hydrogens is 274 g/mol. The summed E-state index contributed by atoms with van der Waals surface area (Å²) in [5, 5.41) is 17.3. The lowest BCUT2D eigenvalue weighted by atomic mass is 9.80. The van der Waals surface area contributed by atoms with Crippen LogP contribution in [-0.2, 0) is 9.59 Å². The Morgan fingerprint density at radius 1 is 0.952 bits per heavy atom. The summed E-state index contributed by atoms with van der Waals surface area (Å²) in [6.45, 7) is 2.22. The molecule has 120 valence electrons. The fraction of sp³-hybridized carbons (Fsp3) is 0.786. The monoisotopic (exact) mass is 299 g/mol. The maximum Gasteiger partial charge on any atom is 0.314 e. The van der Waals surface area contributed by atoms with Gasteiger partial charge in [0.25, 0.3) is 0 Å². The van der Waals surface area contributed by atoms with Gasteiger partial charge < -0.3 is 21.1 Å². The topological polar surface area (TPSA) is 108 Å². The van der Waals surface area contributed by atoms with E-state index in [1.54, 1.807) is 0 Å². The van der Waals surface area contributed by atoms with Gasteiger partial charge in [-0.25, -0.2) is 4.79 Å². The Balaban J connectivity index is 2.37. The van der Waals surface area contributed by atoms with E-state index in [1.807, 2.05) is 0 Å². The van der Waals surface area contributed by atoms with Gasteiger partial charge in [-0.2, -0.15) is 0 Å². The van der Waals surface area contributed by atoms with Crippen molar-refractivity contribution >= 4 is 17.9 Å². The van der Waals surface area contributed by atoms with Crippen molar-refractivity contribution in [1.29, 1.82) is 0 Å². The molecule has 0 saturated heterocycles. The molecule has 1 rings (SSSR count). The van der Waals surface area contributed by atoms with Crippen LogP contribution in [-0.4, -0.2) is 42.6 Å². The predicted molar refractivity (Wildman–Crippen MR) is 77.9 cm³/mol. The van der Waals surface area contributed by atoms with Gasteiger partial charge >= 0.3 is 12.0 Å². The highest BCUT2D eigenvalue weighted by Crippen LogP contribution is 2.34. The molecule has 0 heterocycles. The molecule has 0 radical (unpaired) electrons. The molecule has 0 bridgehead atoms. The van der Waals surface area contributed by atoms with E-state index in [-0.39, 0.29) is 12.5 Å². The maximum absolute atomic E-state index is 11.7. The number of rotatable bonds is 6. The molecule has 0 aromatic rings. The third-order valence-corrected chi connectivity index (χ3v) is 3.89. The van der Waals surface area contributed by atoms with Gasteiger partial charge in [0.2, 0.25) is 5.91 Å². The molecular formula is C14H25N3O4. The van der Waals surface area contributed by atoms with E-state index in [4.69, 9.17) is 0 Å². The number of aliphatic carboxylic acids is 1. The summed E-state index contributed by atoms with van der Waals surface area (Å²) in [6, 6.07) is -0.398.